The molecule has 4 heteroatoms. The molecule has 0 amide bonds. The van der Waals surface area contributed by atoms with Gasteiger partial charge in [0, 0.05) is 24.8 Å². The van der Waals surface area contributed by atoms with Gasteiger partial charge in [-0.2, -0.15) is 5.26 Å². The molecule has 0 bridgehead atoms. The van der Waals surface area contributed by atoms with Crippen LogP contribution in [0.4, 0.5) is 5.82 Å². The van der Waals surface area contributed by atoms with E-state index in [1.54, 1.807) is 12.3 Å². The lowest BCUT2D eigenvalue weighted by molar-refractivity contribution is 0.0997. The van der Waals surface area contributed by atoms with Crippen LogP contribution in [0.3, 0.4) is 0 Å². The number of nitriles is 1. The summed E-state index contributed by atoms with van der Waals surface area (Å²) in [5.41, 5.74) is 0.518. The largest absolute Gasteiger partial charge is 0.357 e. The van der Waals surface area contributed by atoms with Gasteiger partial charge in [0.25, 0.3) is 0 Å². The van der Waals surface area contributed by atoms with E-state index in [-0.39, 0.29) is 12.2 Å². The summed E-state index contributed by atoms with van der Waals surface area (Å²) < 4.78 is 0. The highest BCUT2D eigenvalue weighted by molar-refractivity contribution is 5.97. The summed E-state index contributed by atoms with van der Waals surface area (Å²) in [4.78, 5) is 17.9. The Hall–Kier alpha value is -1.89. The quantitative estimate of drug-likeness (QED) is 0.721. The minimum atomic E-state index is -0.164. The number of pyridine rings is 1. The molecule has 2 rings (SSSR count). The molecule has 1 saturated heterocycles. The highest BCUT2D eigenvalue weighted by Crippen LogP contribution is 2.17. The Morgan fingerprint density at radius 3 is 2.75 bits per heavy atom. The van der Waals surface area contributed by atoms with Gasteiger partial charge in [0.05, 0.1) is 12.5 Å². The molecule has 0 N–H and O–H groups in total. The van der Waals surface area contributed by atoms with Crippen LogP contribution in [0.2, 0.25) is 0 Å². The molecular formula is C12H13N3O. The Balaban J connectivity index is 2.10. The summed E-state index contributed by atoms with van der Waals surface area (Å²) in [6, 6.07) is 5.46. The lowest BCUT2D eigenvalue weighted by atomic mass is 10.1. The van der Waals surface area contributed by atoms with E-state index in [9.17, 15) is 4.79 Å². The number of Topliss-reactive ketones (excluding diaryl/α,β-unsaturated/α-hetero) is 1. The summed E-state index contributed by atoms with van der Waals surface area (Å²) in [7, 11) is 0. The maximum absolute atomic E-state index is 11.4. The van der Waals surface area contributed by atoms with Crippen molar-refractivity contribution in [1.82, 2.24) is 4.98 Å². The summed E-state index contributed by atoms with van der Waals surface area (Å²) in [6.07, 6.45) is 3.89. The Morgan fingerprint density at radius 2 is 2.19 bits per heavy atom. The predicted octanol–water partition coefficient (Wildman–Crippen LogP) is 1.78. The Morgan fingerprint density at radius 1 is 1.44 bits per heavy atom. The van der Waals surface area contributed by atoms with Crippen LogP contribution in [0.1, 0.15) is 29.6 Å². The monoisotopic (exact) mass is 215 g/mol. The first-order chi connectivity index (χ1) is 7.81. The molecule has 4 nitrogen and oxygen atoms in total. The summed E-state index contributed by atoms with van der Waals surface area (Å²) in [6.45, 7) is 2.08. The van der Waals surface area contributed by atoms with Crippen molar-refractivity contribution >= 4 is 11.6 Å². The number of hydrogen-bond donors (Lipinski definition) is 0. The number of carbonyl (C=O) groups is 1. The first-order valence-electron chi connectivity index (χ1n) is 5.42. The lowest BCUT2D eigenvalue weighted by Crippen LogP contribution is -2.18. The molecule has 1 aromatic heterocycles. The predicted molar refractivity (Wildman–Crippen MR) is 60.2 cm³/mol. The second kappa shape index (κ2) is 4.75. The molecule has 1 aliphatic heterocycles. The minimum Gasteiger partial charge on any atom is -0.357 e. The lowest BCUT2D eigenvalue weighted by Gasteiger charge is -2.15. The molecule has 1 fully saturated rings. The fourth-order valence-electron chi connectivity index (χ4n) is 1.86. The standard InChI is InChI=1S/C12H13N3O/c13-6-5-11(16)10-3-4-12(14-9-10)15-7-1-2-8-15/h3-4,9H,1-2,5,7-8H2. The molecule has 16 heavy (non-hydrogen) atoms. The Bertz CT molecular complexity index is 413. The van der Waals surface area contributed by atoms with Crippen LogP contribution in [0.5, 0.6) is 0 Å². The number of hydrogen-bond acceptors (Lipinski definition) is 4. The molecule has 0 unspecified atom stereocenters. The summed E-state index contributed by atoms with van der Waals surface area (Å²) >= 11 is 0. The van der Waals surface area contributed by atoms with E-state index >= 15 is 0 Å². The first kappa shape index (κ1) is 10.6. The van der Waals surface area contributed by atoms with Gasteiger partial charge in [-0.05, 0) is 25.0 Å². The van der Waals surface area contributed by atoms with Gasteiger partial charge in [-0.15, -0.1) is 0 Å². The molecule has 0 radical (unpaired) electrons. The van der Waals surface area contributed by atoms with Gasteiger partial charge in [-0.25, -0.2) is 4.98 Å². The van der Waals surface area contributed by atoms with Crippen LogP contribution in [0.15, 0.2) is 18.3 Å². The number of ketones is 1. The molecule has 1 aliphatic rings. The van der Waals surface area contributed by atoms with Crippen molar-refractivity contribution < 1.29 is 4.79 Å². The van der Waals surface area contributed by atoms with Crippen molar-refractivity contribution in [3.63, 3.8) is 0 Å². The smallest absolute Gasteiger partial charge is 0.178 e. The fourth-order valence-corrected chi connectivity index (χ4v) is 1.86. The van der Waals surface area contributed by atoms with Gasteiger partial charge in [-0.3, -0.25) is 4.79 Å². The van der Waals surface area contributed by atoms with Crippen LogP contribution in [-0.2, 0) is 0 Å². The van der Waals surface area contributed by atoms with Gasteiger partial charge in [-0.1, -0.05) is 0 Å². The van der Waals surface area contributed by atoms with Crippen LogP contribution in [-0.4, -0.2) is 23.9 Å². The van der Waals surface area contributed by atoms with Crippen molar-refractivity contribution in [2.45, 2.75) is 19.3 Å². The third kappa shape index (κ3) is 2.19. The van der Waals surface area contributed by atoms with E-state index in [2.05, 4.69) is 9.88 Å². The third-order valence-corrected chi connectivity index (χ3v) is 2.74. The van der Waals surface area contributed by atoms with Crippen LogP contribution < -0.4 is 4.90 Å². The van der Waals surface area contributed by atoms with E-state index in [4.69, 9.17) is 5.26 Å². The number of rotatable bonds is 3. The second-order valence-electron chi connectivity index (χ2n) is 3.86. The van der Waals surface area contributed by atoms with Gasteiger partial charge < -0.3 is 4.90 Å². The fraction of sp³-hybridized carbons (Fsp3) is 0.417. The topological polar surface area (TPSA) is 57.0 Å². The number of carbonyl (C=O) groups excluding carboxylic acids is 1. The van der Waals surface area contributed by atoms with E-state index in [1.807, 2.05) is 12.1 Å². The van der Waals surface area contributed by atoms with E-state index in [0.29, 0.717) is 5.56 Å². The molecule has 0 aromatic carbocycles. The van der Waals surface area contributed by atoms with E-state index in [0.717, 1.165) is 18.9 Å². The first-order valence-corrected chi connectivity index (χ1v) is 5.42. The molecule has 0 spiro atoms. The van der Waals surface area contributed by atoms with Crippen molar-refractivity contribution in [3.05, 3.63) is 23.9 Å². The van der Waals surface area contributed by atoms with Crippen molar-refractivity contribution in [3.8, 4) is 6.07 Å². The van der Waals surface area contributed by atoms with Crippen LogP contribution in [0, 0.1) is 11.3 Å². The number of nitrogens with zero attached hydrogens (tertiary/aromatic N) is 3. The van der Waals surface area contributed by atoms with Gasteiger partial charge in [0.15, 0.2) is 5.78 Å². The Labute approximate surface area is 94.5 Å². The molecular weight excluding hydrogens is 202 g/mol. The Kier molecular flexibility index (Phi) is 3.16. The van der Waals surface area contributed by atoms with Crippen molar-refractivity contribution in [2.24, 2.45) is 0 Å². The molecule has 0 atom stereocenters. The number of aromatic nitrogens is 1. The average molecular weight is 215 g/mol. The molecule has 0 aliphatic carbocycles. The van der Waals surface area contributed by atoms with Gasteiger partial charge in [0.2, 0.25) is 0 Å². The summed E-state index contributed by atoms with van der Waals surface area (Å²) in [5.74, 6) is 0.758. The maximum Gasteiger partial charge on any atom is 0.178 e. The highest BCUT2D eigenvalue weighted by Gasteiger charge is 2.13. The van der Waals surface area contributed by atoms with E-state index in [1.165, 1.54) is 12.8 Å². The zero-order valence-corrected chi connectivity index (χ0v) is 9.02. The second-order valence-corrected chi connectivity index (χ2v) is 3.86. The normalized spacial score (nSPS) is 14.8. The van der Waals surface area contributed by atoms with Crippen LogP contribution in [0.25, 0.3) is 0 Å². The molecule has 0 saturated carbocycles. The third-order valence-electron chi connectivity index (χ3n) is 2.74. The molecule has 1 aromatic rings. The zero-order chi connectivity index (χ0) is 11.4. The van der Waals surface area contributed by atoms with Gasteiger partial charge in [0.1, 0.15) is 5.82 Å². The molecule has 82 valence electrons. The summed E-state index contributed by atoms with van der Waals surface area (Å²) in [5, 5.41) is 8.43. The zero-order valence-electron chi connectivity index (χ0n) is 9.02. The highest BCUT2D eigenvalue weighted by atomic mass is 16.1. The average Bonchev–Trinajstić information content (AvgIpc) is 2.83. The van der Waals surface area contributed by atoms with E-state index < -0.39 is 0 Å². The molecule has 2 heterocycles. The maximum atomic E-state index is 11.4. The van der Waals surface area contributed by atoms with Crippen molar-refractivity contribution in [1.29, 1.82) is 5.26 Å². The SMILES string of the molecule is N#CCC(=O)c1ccc(N2CCCC2)nc1. The number of anilines is 1. The van der Waals surface area contributed by atoms with Crippen molar-refractivity contribution in [2.75, 3.05) is 18.0 Å². The van der Waals surface area contributed by atoms with Crippen LogP contribution >= 0.6 is 0 Å². The van der Waals surface area contributed by atoms with Gasteiger partial charge >= 0.3 is 0 Å². The minimum absolute atomic E-state index is 0.0786.